The summed E-state index contributed by atoms with van der Waals surface area (Å²) >= 11 is 0. The van der Waals surface area contributed by atoms with E-state index in [9.17, 15) is 4.79 Å². The highest BCUT2D eigenvalue weighted by Gasteiger charge is 2.29. The van der Waals surface area contributed by atoms with Gasteiger partial charge >= 0.3 is 5.97 Å². The van der Waals surface area contributed by atoms with Crippen LogP contribution in [0.1, 0.15) is 26.7 Å². The van der Waals surface area contributed by atoms with Gasteiger partial charge in [-0.2, -0.15) is 0 Å². The Bertz CT molecular complexity index is 198. The van der Waals surface area contributed by atoms with E-state index in [0.29, 0.717) is 32.8 Å². The topological polar surface area (TPSA) is 67.8 Å². The maximum absolute atomic E-state index is 10.9. The molecule has 1 atom stereocenters. The van der Waals surface area contributed by atoms with Crippen LogP contribution in [0.3, 0.4) is 0 Å². The molecule has 0 fully saturated rings. The number of rotatable bonds is 10. The van der Waals surface area contributed by atoms with Gasteiger partial charge in [0.1, 0.15) is 5.54 Å². The van der Waals surface area contributed by atoms with Gasteiger partial charge in [-0.05, 0) is 26.3 Å². The lowest BCUT2D eigenvalue weighted by Gasteiger charge is -2.24. The summed E-state index contributed by atoms with van der Waals surface area (Å²) in [5, 5.41) is 12.0. The first kappa shape index (κ1) is 15.3. The third-order valence-corrected chi connectivity index (χ3v) is 2.59. The molecule has 16 heavy (non-hydrogen) atoms. The number of methoxy groups -OCH3 is 1. The Morgan fingerprint density at radius 1 is 1.38 bits per heavy atom. The second-order valence-electron chi connectivity index (χ2n) is 3.88. The molecule has 5 nitrogen and oxygen atoms in total. The molecule has 0 saturated heterocycles. The van der Waals surface area contributed by atoms with E-state index in [2.05, 4.69) is 5.32 Å². The van der Waals surface area contributed by atoms with E-state index in [1.807, 2.05) is 6.92 Å². The third kappa shape index (κ3) is 6.05. The number of hydrogen-bond donors (Lipinski definition) is 2. The van der Waals surface area contributed by atoms with E-state index in [1.165, 1.54) is 0 Å². The van der Waals surface area contributed by atoms with Crippen molar-refractivity contribution in [3.63, 3.8) is 0 Å². The summed E-state index contributed by atoms with van der Waals surface area (Å²) in [5.41, 5.74) is -0.827. The summed E-state index contributed by atoms with van der Waals surface area (Å²) in [6, 6.07) is 0. The molecule has 0 spiro atoms. The lowest BCUT2D eigenvalue weighted by Crippen LogP contribution is -2.49. The minimum Gasteiger partial charge on any atom is -0.480 e. The van der Waals surface area contributed by atoms with Crippen LogP contribution in [-0.4, -0.2) is 50.1 Å². The second kappa shape index (κ2) is 8.50. The van der Waals surface area contributed by atoms with Crippen molar-refractivity contribution in [3.8, 4) is 0 Å². The van der Waals surface area contributed by atoms with Crippen molar-refractivity contribution in [1.82, 2.24) is 5.32 Å². The van der Waals surface area contributed by atoms with Crippen molar-refractivity contribution in [2.75, 3.05) is 33.5 Å². The molecule has 0 radical (unpaired) electrons. The zero-order chi connectivity index (χ0) is 12.4. The Labute approximate surface area is 97.1 Å². The van der Waals surface area contributed by atoms with Gasteiger partial charge in [0, 0.05) is 13.7 Å². The van der Waals surface area contributed by atoms with E-state index in [1.54, 1.807) is 14.0 Å². The molecule has 0 heterocycles. The molecular formula is C11H23NO4. The lowest BCUT2D eigenvalue weighted by molar-refractivity contribution is -0.144. The molecule has 0 aliphatic heterocycles. The van der Waals surface area contributed by atoms with Gasteiger partial charge in [0.2, 0.25) is 0 Å². The fourth-order valence-electron chi connectivity index (χ4n) is 1.13. The molecular weight excluding hydrogens is 210 g/mol. The molecule has 0 bridgehead atoms. The van der Waals surface area contributed by atoms with Crippen molar-refractivity contribution in [2.45, 2.75) is 32.2 Å². The molecule has 0 aliphatic rings. The second-order valence-corrected chi connectivity index (χ2v) is 3.88. The minimum atomic E-state index is -0.827. The average Bonchev–Trinajstić information content (AvgIpc) is 2.27. The number of carboxylic acid groups (broad SMARTS) is 1. The number of nitrogens with one attached hydrogen (secondary N) is 1. The normalized spacial score (nSPS) is 14.7. The first-order chi connectivity index (χ1) is 7.56. The first-order valence-electron chi connectivity index (χ1n) is 5.62. The average molecular weight is 233 g/mol. The Morgan fingerprint density at radius 2 is 2.06 bits per heavy atom. The largest absolute Gasteiger partial charge is 0.480 e. The van der Waals surface area contributed by atoms with Crippen molar-refractivity contribution in [1.29, 1.82) is 0 Å². The van der Waals surface area contributed by atoms with Gasteiger partial charge < -0.3 is 19.9 Å². The van der Waals surface area contributed by atoms with Crippen molar-refractivity contribution in [2.24, 2.45) is 0 Å². The van der Waals surface area contributed by atoms with Gasteiger partial charge in [0.05, 0.1) is 13.2 Å². The van der Waals surface area contributed by atoms with E-state index < -0.39 is 11.5 Å². The maximum atomic E-state index is 10.9. The van der Waals surface area contributed by atoms with Crippen molar-refractivity contribution >= 4 is 5.97 Å². The standard InChI is InChI=1S/C11H23NO4/c1-4-11(2,10(13)14)12-6-5-7-16-9-8-15-3/h12H,4-9H2,1-3H3,(H,13,14). The van der Waals surface area contributed by atoms with Crippen LogP contribution in [-0.2, 0) is 14.3 Å². The number of hydrogen-bond acceptors (Lipinski definition) is 4. The highest BCUT2D eigenvalue weighted by molar-refractivity contribution is 5.78. The molecule has 0 aromatic heterocycles. The van der Waals surface area contributed by atoms with E-state index in [0.717, 1.165) is 6.42 Å². The molecule has 1 unspecified atom stereocenters. The maximum Gasteiger partial charge on any atom is 0.323 e. The summed E-state index contributed by atoms with van der Waals surface area (Å²) in [6.07, 6.45) is 1.36. The Hall–Kier alpha value is -0.650. The van der Waals surface area contributed by atoms with Gasteiger partial charge in [0.15, 0.2) is 0 Å². The minimum absolute atomic E-state index is 0.562. The Kier molecular flexibility index (Phi) is 8.15. The van der Waals surface area contributed by atoms with Crippen LogP contribution in [0, 0.1) is 0 Å². The zero-order valence-electron chi connectivity index (χ0n) is 10.4. The van der Waals surface area contributed by atoms with Gasteiger partial charge in [-0.1, -0.05) is 6.92 Å². The number of ether oxygens (including phenoxy) is 2. The predicted molar refractivity (Wildman–Crippen MR) is 61.6 cm³/mol. The molecule has 0 aliphatic carbocycles. The molecule has 0 rings (SSSR count). The van der Waals surface area contributed by atoms with E-state index >= 15 is 0 Å². The Balaban J connectivity index is 3.53. The van der Waals surface area contributed by atoms with Crippen LogP contribution in [0.4, 0.5) is 0 Å². The fourth-order valence-corrected chi connectivity index (χ4v) is 1.13. The van der Waals surface area contributed by atoms with E-state index in [-0.39, 0.29) is 0 Å². The molecule has 0 aromatic rings. The van der Waals surface area contributed by atoms with Crippen molar-refractivity contribution in [3.05, 3.63) is 0 Å². The first-order valence-corrected chi connectivity index (χ1v) is 5.62. The lowest BCUT2D eigenvalue weighted by atomic mass is 9.99. The van der Waals surface area contributed by atoms with Gasteiger partial charge in [0.25, 0.3) is 0 Å². The highest BCUT2D eigenvalue weighted by atomic mass is 16.5. The van der Waals surface area contributed by atoms with Crippen molar-refractivity contribution < 1.29 is 19.4 Å². The van der Waals surface area contributed by atoms with Gasteiger partial charge in [-0.15, -0.1) is 0 Å². The molecule has 2 N–H and O–H groups in total. The summed E-state index contributed by atoms with van der Waals surface area (Å²) < 4.78 is 10.1. The summed E-state index contributed by atoms with van der Waals surface area (Å²) in [7, 11) is 1.63. The molecule has 0 amide bonds. The molecule has 0 saturated carbocycles. The van der Waals surface area contributed by atoms with Crippen LogP contribution in [0.2, 0.25) is 0 Å². The van der Waals surface area contributed by atoms with E-state index in [4.69, 9.17) is 14.6 Å². The van der Waals surface area contributed by atoms with Crippen LogP contribution < -0.4 is 5.32 Å². The molecule has 5 heteroatoms. The third-order valence-electron chi connectivity index (χ3n) is 2.59. The van der Waals surface area contributed by atoms with Gasteiger partial charge in [-0.3, -0.25) is 4.79 Å². The van der Waals surface area contributed by atoms with Crippen LogP contribution in [0.25, 0.3) is 0 Å². The summed E-state index contributed by atoms with van der Waals surface area (Å²) in [5.74, 6) is -0.810. The molecule has 0 aromatic carbocycles. The summed E-state index contributed by atoms with van der Waals surface area (Å²) in [6.45, 7) is 5.99. The quantitative estimate of drug-likeness (QED) is 0.548. The fraction of sp³-hybridized carbons (Fsp3) is 0.909. The van der Waals surface area contributed by atoms with Crippen LogP contribution in [0.5, 0.6) is 0 Å². The van der Waals surface area contributed by atoms with Crippen LogP contribution >= 0.6 is 0 Å². The van der Waals surface area contributed by atoms with Gasteiger partial charge in [-0.25, -0.2) is 0 Å². The number of carboxylic acids is 1. The number of aliphatic carboxylic acids is 1. The zero-order valence-corrected chi connectivity index (χ0v) is 10.4. The highest BCUT2D eigenvalue weighted by Crippen LogP contribution is 2.08. The monoisotopic (exact) mass is 233 g/mol. The number of carbonyl (C=O) groups is 1. The molecule has 96 valence electrons. The van der Waals surface area contributed by atoms with Crippen LogP contribution in [0.15, 0.2) is 0 Å². The predicted octanol–water partition coefficient (Wildman–Crippen LogP) is 0.882. The smallest absolute Gasteiger partial charge is 0.323 e. The Morgan fingerprint density at radius 3 is 2.56 bits per heavy atom. The SMILES string of the molecule is CCC(C)(NCCCOCCOC)C(=O)O. The summed E-state index contributed by atoms with van der Waals surface area (Å²) in [4.78, 5) is 10.9.